The third kappa shape index (κ3) is 1.82. The quantitative estimate of drug-likeness (QED) is 0.749. The van der Waals surface area contributed by atoms with Crippen molar-refractivity contribution < 1.29 is 8.73 Å². The van der Waals surface area contributed by atoms with Crippen LogP contribution in [-0.2, 0) is 10.0 Å². The van der Waals surface area contributed by atoms with Crippen molar-refractivity contribution in [1.82, 2.24) is 5.16 Å². The Labute approximate surface area is 85.3 Å². The second kappa shape index (κ2) is 3.61. The number of hydrogen-bond donors (Lipinski definition) is 0. The van der Waals surface area contributed by atoms with Crippen molar-refractivity contribution in [2.24, 2.45) is 0 Å². The van der Waals surface area contributed by atoms with Gasteiger partial charge < -0.3 is 4.52 Å². The lowest BCUT2D eigenvalue weighted by Gasteiger charge is -1.84. The maximum atomic E-state index is 10.9. The number of rotatable bonds is 2. The Balaban J connectivity index is 2.39. The smallest absolute Gasteiger partial charge is 0.157 e. The van der Waals surface area contributed by atoms with E-state index in [2.05, 4.69) is 9.68 Å². The van der Waals surface area contributed by atoms with Crippen LogP contribution in [0.4, 0.5) is 0 Å². The van der Waals surface area contributed by atoms with Gasteiger partial charge in [0.05, 0.1) is 4.88 Å². The van der Waals surface area contributed by atoms with Crippen LogP contribution < -0.4 is 0 Å². The van der Waals surface area contributed by atoms with E-state index in [4.69, 9.17) is 10.7 Å². The Morgan fingerprint density at radius 2 is 2.31 bits per heavy atom. The zero-order chi connectivity index (χ0) is 9.26. The predicted molar refractivity (Wildman–Crippen MR) is 52.1 cm³/mol. The molecule has 1 unspecified atom stereocenters. The number of thiophene rings is 1. The average Bonchev–Trinajstić information content (AvgIpc) is 2.75. The summed E-state index contributed by atoms with van der Waals surface area (Å²) in [6.45, 7) is 0. The van der Waals surface area contributed by atoms with Crippen LogP contribution in [0.3, 0.4) is 0 Å². The fraction of sp³-hybridized carbons (Fsp3) is 0. The zero-order valence-electron chi connectivity index (χ0n) is 6.27. The van der Waals surface area contributed by atoms with Crippen molar-refractivity contribution in [3.05, 3.63) is 24.5 Å². The van der Waals surface area contributed by atoms with Gasteiger partial charge >= 0.3 is 0 Å². The molecule has 2 heterocycles. The van der Waals surface area contributed by atoms with Crippen LogP contribution >= 0.6 is 22.0 Å². The molecule has 0 N–H and O–H groups in total. The Morgan fingerprint density at radius 1 is 1.46 bits per heavy atom. The third-order valence-corrected chi connectivity index (χ3v) is 4.26. The minimum absolute atomic E-state index is 0.625. The van der Waals surface area contributed by atoms with E-state index in [0.29, 0.717) is 4.21 Å². The first-order chi connectivity index (χ1) is 6.27. The van der Waals surface area contributed by atoms with Crippen LogP contribution in [0.2, 0.25) is 0 Å². The first kappa shape index (κ1) is 8.93. The average molecular weight is 234 g/mol. The molecule has 0 aliphatic rings. The van der Waals surface area contributed by atoms with Crippen molar-refractivity contribution in [2.75, 3.05) is 0 Å². The standard InChI is InChI=1S/C7H4ClNO2S2/c8-13(10)7-2-1-6(12-7)5-3-4-11-9-5/h1-4H. The van der Waals surface area contributed by atoms with Gasteiger partial charge in [-0.2, -0.15) is 0 Å². The molecule has 13 heavy (non-hydrogen) atoms. The summed E-state index contributed by atoms with van der Waals surface area (Å²) in [5.74, 6) is 0. The van der Waals surface area contributed by atoms with Crippen LogP contribution in [0.25, 0.3) is 10.6 Å². The zero-order valence-corrected chi connectivity index (χ0v) is 8.66. The van der Waals surface area contributed by atoms with E-state index >= 15 is 0 Å². The molecule has 0 amide bonds. The first-order valence-electron chi connectivity index (χ1n) is 3.36. The molecule has 68 valence electrons. The van der Waals surface area contributed by atoms with E-state index in [1.54, 1.807) is 12.1 Å². The number of aromatic nitrogens is 1. The van der Waals surface area contributed by atoms with Gasteiger partial charge in [0, 0.05) is 6.07 Å². The maximum Gasteiger partial charge on any atom is 0.157 e. The van der Waals surface area contributed by atoms with Crippen molar-refractivity contribution in [3.63, 3.8) is 0 Å². The maximum absolute atomic E-state index is 10.9. The first-order valence-corrected chi connectivity index (χ1v) is 6.15. The molecule has 0 bridgehead atoms. The Bertz CT molecular complexity index is 423. The third-order valence-electron chi connectivity index (χ3n) is 1.43. The molecule has 0 aromatic carbocycles. The van der Waals surface area contributed by atoms with E-state index in [-0.39, 0.29) is 0 Å². The van der Waals surface area contributed by atoms with E-state index in [0.717, 1.165) is 10.6 Å². The molecular formula is C7H4ClNO2S2. The van der Waals surface area contributed by atoms with Gasteiger partial charge in [0.25, 0.3) is 0 Å². The Morgan fingerprint density at radius 3 is 2.85 bits per heavy atom. The molecule has 0 aliphatic heterocycles. The van der Waals surface area contributed by atoms with Crippen molar-refractivity contribution in [1.29, 1.82) is 0 Å². The molecule has 1 atom stereocenters. The van der Waals surface area contributed by atoms with Crippen LogP contribution in [0, 0.1) is 0 Å². The van der Waals surface area contributed by atoms with Crippen molar-refractivity contribution in [2.45, 2.75) is 4.21 Å². The van der Waals surface area contributed by atoms with Gasteiger partial charge in [-0.3, -0.25) is 0 Å². The summed E-state index contributed by atoms with van der Waals surface area (Å²) in [6, 6.07) is 5.28. The van der Waals surface area contributed by atoms with Crippen LogP contribution in [-0.4, -0.2) is 9.37 Å². The largest absolute Gasteiger partial charge is 0.364 e. The molecule has 0 aliphatic carbocycles. The summed E-state index contributed by atoms with van der Waals surface area (Å²) in [6.07, 6.45) is 1.49. The van der Waals surface area contributed by atoms with Gasteiger partial charge in [0.1, 0.15) is 16.2 Å². The van der Waals surface area contributed by atoms with Crippen LogP contribution in [0.1, 0.15) is 0 Å². The fourth-order valence-corrected chi connectivity index (χ4v) is 2.73. The van der Waals surface area contributed by atoms with Crippen molar-refractivity contribution in [3.8, 4) is 10.6 Å². The minimum Gasteiger partial charge on any atom is -0.364 e. The highest BCUT2D eigenvalue weighted by Gasteiger charge is 2.08. The summed E-state index contributed by atoms with van der Waals surface area (Å²) >= 11 is 1.34. The number of halogens is 1. The molecule has 3 nitrogen and oxygen atoms in total. The fourth-order valence-electron chi connectivity index (χ4n) is 0.884. The van der Waals surface area contributed by atoms with Gasteiger partial charge in [0.2, 0.25) is 0 Å². The summed E-state index contributed by atoms with van der Waals surface area (Å²) < 4.78 is 16.2. The van der Waals surface area contributed by atoms with Crippen LogP contribution in [0.5, 0.6) is 0 Å². The van der Waals surface area contributed by atoms with E-state index < -0.39 is 10.0 Å². The van der Waals surface area contributed by atoms with E-state index in [1.165, 1.54) is 17.6 Å². The molecule has 0 saturated carbocycles. The van der Waals surface area contributed by atoms with Gasteiger partial charge in [-0.25, -0.2) is 4.21 Å². The highest BCUT2D eigenvalue weighted by atomic mass is 35.7. The molecule has 0 radical (unpaired) electrons. The van der Waals surface area contributed by atoms with Gasteiger partial charge in [-0.05, 0) is 22.8 Å². The second-order valence-corrected chi connectivity index (χ2v) is 5.30. The van der Waals surface area contributed by atoms with Crippen molar-refractivity contribution >= 4 is 32.0 Å². The van der Waals surface area contributed by atoms with Gasteiger partial charge in [-0.1, -0.05) is 5.16 Å². The minimum atomic E-state index is -1.44. The monoisotopic (exact) mass is 233 g/mol. The van der Waals surface area contributed by atoms with E-state index in [1.807, 2.05) is 6.07 Å². The number of hydrogen-bond acceptors (Lipinski definition) is 4. The lowest BCUT2D eigenvalue weighted by molar-refractivity contribution is 0.422. The summed E-state index contributed by atoms with van der Waals surface area (Å²) in [4.78, 5) is 0.901. The summed E-state index contributed by atoms with van der Waals surface area (Å²) in [5.41, 5.74) is 0.735. The highest BCUT2D eigenvalue weighted by Crippen LogP contribution is 2.29. The predicted octanol–water partition coefficient (Wildman–Crippen LogP) is 2.66. The molecule has 0 saturated heterocycles. The highest BCUT2D eigenvalue weighted by molar-refractivity contribution is 8.09. The molecular weight excluding hydrogens is 230 g/mol. The lowest BCUT2D eigenvalue weighted by Crippen LogP contribution is -1.69. The molecule has 2 aromatic rings. The molecule has 2 aromatic heterocycles. The number of nitrogens with zero attached hydrogens (tertiary/aromatic N) is 1. The lowest BCUT2D eigenvalue weighted by atomic mass is 10.3. The summed E-state index contributed by atoms with van der Waals surface area (Å²) in [5, 5.41) is 3.75. The Kier molecular flexibility index (Phi) is 2.48. The van der Waals surface area contributed by atoms with Gasteiger partial charge in [-0.15, -0.1) is 11.3 Å². The Hall–Kier alpha value is -0.650. The second-order valence-electron chi connectivity index (χ2n) is 2.23. The molecule has 2 rings (SSSR count). The van der Waals surface area contributed by atoms with Gasteiger partial charge in [0.15, 0.2) is 10.0 Å². The summed E-state index contributed by atoms with van der Waals surface area (Å²) in [7, 11) is 3.98. The topological polar surface area (TPSA) is 43.1 Å². The normalized spacial score (nSPS) is 13.0. The van der Waals surface area contributed by atoms with Crippen LogP contribution in [0.15, 0.2) is 33.2 Å². The molecule has 6 heteroatoms. The molecule has 0 fully saturated rings. The van der Waals surface area contributed by atoms with E-state index in [9.17, 15) is 4.21 Å². The molecule has 0 spiro atoms. The SMILES string of the molecule is O=S(Cl)c1ccc(-c2ccon2)s1.